The first kappa shape index (κ1) is 21.2. The van der Waals surface area contributed by atoms with Gasteiger partial charge < -0.3 is 19.3 Å². The number of esters is 1. The second-order valence-corrected chi connectivity index (χ2v) is 4.27. The maximum absolute atomic E-state index is 10.3. The van der Waals surface area contributed by atoms with Crippen LogP contribution in [0.4, 0.5) is 0 Å². The zero-order chi connectivity index (χ0) is 16.0. The quantitative estimate of drug-likeness (QED) is 0.656. The van der Waals surface area contributed by atoms with Crippen molar-refractivity contribution in [3.63, 3.8) is 0 Å². The lowest BCUT2D eigenvalue weighted by molar-refractivity contribution is -0.144. The fourth-order valence-electron chi connectivity index (χ4n) is 1.34. The predicted molar refractivity (Wildman–Crippen MR) is 75.7 cm³/mol. The predicted octanol–water partition coefficient (Wildman–Crippen LogP) is 2.25. The molecule has 0 aromatic heterocycles. The molecule has 0 aromatic carbocycles. The Labute approximate surface area is 121 Å². The van der Waals surface area contributed by atoms with E-state index in [1.165, 1.54) is 6.92 Å². The van der Waals surface area contributed by atoms with E-state index >= 15 is 0 Å². The molecular formula is C14H28O6. The molecule has 0 bridgehead atoms. The van der Waals surface area contributed by atoms with Crippen molar-refractivity contribution in [2.24, 2.45) is 0 Å². The third-order valence-corrected chi connectivity index (χ3v) is 2.73. The summed E-state index contributed by atoms with van der Waals surface area (Å²) in [6.07, 6.45) is 2.71. The third kappa shape index (κ3) is 14.9. The molecule has 0 aliphatic rings. The second kappa shape index (κ2) is 14.3. The fraction of sp³-hybridized carbons (Fsp3) is 0.857. The molecule has 0 rings (SSSR count). The van der Waals surface area contributed by atoms with Gasteiger partial charge in [0.2, 0.25) is 0 Å². The van der Waals surface area contributed by atoms with Crippen LogP contribution >= 0.6 is 0 Å². The number of carboxylic acid groups (broad SMARTS) is 1. The minimum atomic E-state index is -0.754. The average molecular weight is 292 g/mol. The summed E-state index contributed by atoms with van der Waals surface area (Å²) in [5.41, 5.74) is 0. The molecule has 0 aliphatic carbocycles. The smallest absolute Gasteiger partial charge is 0.303 e. The number of carboxylic acids is 1. The van der Waals surface area contributed by atoms with E-state index in [9.17, 15) is 9.59 Å². The molecule has 20 heavy (non-hydrogen) atoms. The van der Waals surface area contributed by atoms with Crippen molar-refractivity contribution in [1.82, 2.24) is 0 Å². The van der Waals surface area contributed by atoms with Gasteiger partial charge >= 0.3 is 11.9 Å². The highest BCUT2D eigenvalue weighted by Gasteiger charge is 2.06. The van der Waals surface area contributed by atoms with Crippen LogP contribution in [0.15, 0.2) is 0 Å². The minimum Gasteiger partial charge on any atom is -0.481 e. The Morgan fingerprint density at radius 1 is 1.05 bits per heavy atom. The molecule has 2 unspecified atom stereocenters. The van der Waals surface area contributed by atoms with Gasteiger partial charge in [0.15, 0.2) is 0 Å². The van der Waals surface area contributed by atoms with Crippen LogP contribution in [0.25, 0.3) is 0 Å². The van der Waals surface area contributed by atoms with E-state index in [0.717, 1.165) is 12.8 Å². The van der Waals surface area contributed by atoms with Gasteiger partial charge in [0.05, 0.1) is 12.2 Å². The lowest BCUT2D eigenvalue weighted by Crippen LogP contribution is -2.18. The van der Waals surface area contributed by atoms with Crippen molar-refractivity contribution >= 4 is 11.9 Å². The van der Waals surface area contributed by atoms with Gasteiger partial charge in [0.25, 0.3) is 0 Å². The van der Waals surface area contributed by atoms with Crippen LogP contribution in [-0.4, -0.2) is 50.1 Å². The molecule has 2 atom stereocenters. The monoisotopic (exact) mass is 292 g/mol. The molecular weight excluding hydrogens is 264 g/mol. The molecule has 0 heterocycles. The van der Waals surface area contributed by atoms with Crippen molar-refractivity contribution in [3.05, 3.63) is 0 Å². The molecule has 0 saturated heterocycles. The highest BCUT2D eigenvalue weighted by Crippen LogP contribution is 2.04. The molecule has 0 saturated carbocycles. The summed E-state index contributed by atoms with van der Waals surface area (Å²) in [4.78, 5) is 20.4. The van der Waals surface area contributed by atoms with Gasteiger partial charge in [0, 0.05) is 27.6 Å². The van der Waals surface area contributed by atoms with Crippen LogP contribution in [0, 0.1) is 0 Å². The number of aliphatic carboxylic acids is 1. The molecule has 1 N–H and O–H groups in total. The molecule has 0 radical (unpaired) electrons. The number of ether oxygens (including phenoxy) is 3. The van der Waals surface area contributed by atoms with Crippen LogP contribution in [0.3, 0.4) is 0 Å². The number of hydrogen-bond donors (Lipinski definition) is 1. The molecule has 120 valence electrons. The van der Waals surface area contributed by atoms with E-state index in [0.29, 0.717) is 13.0 Å². The van der Waals surface area contributed by atoms with Crippen LogP contribution in [-0.2, 0) is 23.8 Å². The first-order valence-electron chi connectivity index (χ1n) is 6.81. The Morgan fingerprint density at radius 3 is 1.85 bits per heavy atom. The molecule has 0 amide bonds. The van der Waals surface area contributed by atoms with E-state index in [-0.39, 0.29) is 24.6 Å². The number of hydrogen-bond acceptors (Lipinski definition) is 5. The summed E-state index contributed by atoms with van der Waals surface area (Å²) < 4.78 is 14.7. The van der Waals surface area contributed by atoms with Crippen LogP contribution in [0.1, 0.15) is 46.5 Å². The fourth-order valence-corrected chi connectivity index (χ4v) is 1.34. The maximum Gasteiger partial charge on any atom is 0.303 e. The van der Waals surface area contributed by atoms with E-state index < -0.39 is 5.97 Å². The van der Waals surface area contributed by atoms with Crippen molar-refractivity contribution in [3.8, 4) is 0 Å². The average Bonchev–Trinajstić information content (AvgIpc) is 2.41. The third-order valence-electron chi connectivity index (χ3n) is 2.73. The zero-order valence-corrected chi connectivity index (χ0v) is 13.2. The Balaban J connectivity index is 0. The molecule has 6 heteroatoms. The van der Waals surface area contributed by atoms with Gasteiger partial charge in [-0.05, 0) is 19.3 Å². The van der Waals surface area contributed by atoms with E-state index in [2.05, 4.69) is 0 Å². The Morgan fingerprint density at radius 2 is 1.55 bits per heavy atom. The zero-order valence-electron chi connectivity index (χ0n) is 13.2. The molecule has 0 spiro atoms. The largest absolute Gasteiger partial charge is 0.481 e. The maximum atomic E-state index is 10.3. The standard InChI is InChI=1S/2C7H14O3/c1-4-7(9-3)5-10-6(2)8;1-3-6(10-2)4-5-7(8)9/h7H,4-5H2,1-3H3;6H,3-5H2,1-2H3,(H,8,9). The SMILES string of the molecule is CCC(CCC(=O)O)OC.CCC(COC(C)=O)OC. The van der Waals surface area contributed by atoms with Gasteiger partial charge in [-0.25, -0.2) is 0 Å². The lowest BCUT2D eigenvalue weighted by atomic mass is 10.1. The molecule has 0 fully saturated rings. The van der Waals surface area contributed by atoms with Crippen LogP contribution in [0.2, 0.25) is 0 Å². The van der Waals surface area contributed by atoms with E-state index in [1.54, 1.807) is 14.2 Å². The first-order valence-corrected chi connectivity index (χ1v) is 6.81. The van der Waals surface area contributed by atoms with Gasteiger partial charge in [-0.2, -0.15) is 0 Å². The van der Waals surface area contributed by atoms with Crippen molar-refractivity contribution < 1.29 is 28.9 Å². The number of rotatable bonds is 9. The van der Waals surface area contributed by atoms with Gasteiger partial charge in [-0.1, -0.05) is 13.8 Å². The molecule has 6 nitrogen and oxygen atoms in total. The molecule has 0 aliphatic heterocycles. The minimum absolute atomic E-state index is 0.0453. The summed E-state index contributed by atoms with van der Waals surface area (Å²) in [7, 11) is 3.22. The van der Waals surface area contributed by atoms with E-state index in [4.69, 9.17) is 19.3 Å². The van der Waals surface area contributed by atoms with Crippen molar-refractivity contribution in [2.75, 3.05) is 20.8 Å². The van der Waals surface area contributed by atoms with Crippen molar-refractivity contribution in [1.29, 1.82) is 0 Å². The van der Waals surface area contributed by atoms with Gasteiger partial charge in [0.1, 0.15) is 6.61 Å². The van der Waals surface area contributed by atoms with Gasteiger partial charge in [-0.15, -0.1) is 0 Å². The molecule has 0 aromatic rings. The van der Waals surface area contributed by atoms with E-state index in [1.807, 2.05) is 13.8 Å². The summed E-state index contributed by atoms with van der Waals surface area (Å²) in [6, 6.07) is 0. The summed E-state index contributed by atoms with van der Waals surface area (Å²) in [5, 5.41) is 8.30. The van der Waals surface area contributed by atoms with Gasteiger partial charge in [-0.3, -0.25) is 9.59 Å². The van der Waals surface area contributed by atoms with Crippen LogP contribution < -0.4 is 0 Å². The summed E-state index contributed by atoms with van der Waals surface area (Å²) in [5.74, 6) is -1.01. The van der Waals surface area contributed by atoms with Crippen molar-refractivity contribution in [2.45, 2.75) is 58.7 Å². The normalized spacial score (nSPS) is 12.8. The summed E-state index contributed by atoms with van der Waals surface area (Å²) in [6.45, 7) is 5.72. The summed E-state index contributed by atoms with van der Waals surface area (Å²) >= 11 is 0. The number of carbonyl (C=O) groups is 2. The number of carbonyl (C=O) groups excluding carboxylic acids is 1. The Hall–Kier alpha value is -1.14. The Kier molecular flexibility index (Phi) is 15.1. The second-order valence-electron chi connectivity index (χ2n) is 4.27. The highest BCUT2D eigenvalue weighted by molar-refractivity contribution is 5.66. The highest BCUT2D eigenvalue weighted by atomic mass is 16.6. The lowest BCUT2D eigenvalue weighted by Gasteiger charge is -2.11. The topological polar surface area (TPSA) is 82.1 Å². The first-order chi connectivity index (χ1) is 9.40. The Bertz CT molecular complexity index is 220. The van der Waals surface area contributed by atoms with Crippen LogP contribution in [0.5, 0.6) is 0 Å². The number of methoxy groups -OCH3 is 2.